The van der Waals surface area contributed by atoms with Gasteiger partial charge in [0.2, 0.25) is 0 Å². The average molecular weight is 246 g/mol. The molecule has 0 heterocycles. The van der Waals surface area contributed by atoms with Crippen molar-refractivity contribution in [3.05, 3.63) is 48.0 Å². The highest BCUT2D eigenvalue weighted by molar-refractivity contribution is 5.71. The lowest BCUT2D eigenvalue weighted by atomic mass is 9.82. The van der Waals surface area contributed by atoms with E-state index in [1.54, 1.807) is 0 Å². The van der Waals surface area contributed by atoms with E-state index in [0.717, 1.165) is 6.42 Å². The summed E-state index contributed by atoms with van der Waals surface area (Å²) in [4.78, 5) is 11.0. The molecule has 1 N–H and O–H groups in total. The quantitative estimate of drug-likeness (QED) is 0.802. The molecule has 0 aliphatic carbocycles. The van der Waals surface area contributed by atoms with E-state index in [1.165, 1.54) is 17.2 Å². The summed E-state index contributed by atoms with van der Waals surface area (Å²) in [7, 11) is 0. The maximum atomic E-state index is 11.0. The third-order valence-corrected chi connectivity index (χ3v) is 3.15. The van der Waals surface area contributed by atoms with Crippen molar-refractivity contribution < 1.29 is 9.90 Å². The molecular weight excluding hydrogens is 224 g/mol. The van der Waals surface area contributed by atoms with Gasteiger partial charge in [-0.25, -0.2) is 0 Å². The lowest BCUT2D eigenvalue weighted by molar-refractivity contribution is -0.140. The fraction of sp³-hybridized carbons (Fsp3) is 0.438. The van der Waals surface area contributed by atoms with Gasteiger partial charge in [0, 0.05) is 0 Å². The standard InChI is InChI=1S/C16H22O2/c1-5-12(15(17)18)10-11-13-8-6-7-9-14(13)16(2,3)4/h5-9,12H,1,10-11H2,2-4H3,(H,17,18). The normalized spacial score (nSPS) is 13.1. The topological polar surface area (TPSA) is 37.3 Å². The van der Waals surface area contributed by atoms with Crippen molar-refractivity contribution in [2.45, 2.75) is 39.0 Å². The Kier molecular flexibility index (Phi) is 4.71. The summed E-state index contributed by atoms with van der Waals surface area (Å²) in [5.74, 6) is -1.25. The number of hydrogen-bond donors (Lipinski definition) is 1. The second kappa shape index (κ2) is 5.85. The first-order valence-corrected chi connectivity index (χ1v) is 6.30. The molecule has 2 heteroatoms. The fourth-order valence-electron chi connectivity index (χ4n) is 2.12. The van der Waals surface area contributed by atoms with Gasteiger partial charge in [-0.3, -0.25) is 4.79 Å². The molecule has 0 fully saturated rings. The summed E-state index contributed by atoms with van der Waals surface area (Å²) in [6.07, 6.45) is 2.89. The highest BCUT2D eigenvalue weighted by atomic mass is 16.4. The van der Waals surface area contributed by atoms with Crippen molar-refractivity contribution in [3.63, 3.8) is 0 Å². The van der Waals surface area contributed by atoms with E-state index in [1.807, 2.05) is 12.1 Å². The van der Waals surface area contributed by atoms with Crippen molar-refractivity contribution in [3.8, 4) is 0 Å². The molecule has 1 aromatic carbocycles. The Hall–Kier alpha value is -1.57. The van der Waals surface area contributed by atoms with Gasteiger partial charge < -0.3 is 5.11 Å². The smallest absolute Gasteiger partial charge is 0.310 e. The molecular formula is C16H22O2. The van der Waals surface area contributed by atoms with Crippen molar-refractivity contribution in [1.82, 2.24) is 0 Å². The molecule has 2 nitrogen and oxygen atoms in total. The van der Waals surface area contributed by atoms with E-state index >= 15 is 0 Å². The average Bonchev–Trinajstić information content (AvgIpc) is 2.28. The van der Waals surface area contributed by atoms with Crippen molar-refractivity contribution >= 4 is 5.97 Å². The zero-order valence-electron chi connectivity index (χ0n) is 11.4. The Morgan fingerprint density at radius 1 is 1.39 bits per heavy atom. The van der Waals surface area contributed by atoms with Crippen molar-refractivity contribution in [1.29, 1.82) is 0 Å². The molecule has 0 radical (unpaired) electrons. The third-order valence-electron chi connectivity index (χ3n) is 3.15. The SMILES string of the molecule is C=CC(CCc1ccccc1C(C)(C)C)C(=O)O. The van der Waals surface area contributed by atoms with Gasteiger partial charge in [0.05, 0.1) is 5.92 Å². The molecule has 1 aromatic rings. The van der Waals surface area contributed by atoms with Crippen LogP contribution in [-0.4, -0.2) is 11.1 Å². The Labute approximate surface area is 109 Å². The van der Waals surface area contributed by atoms with Crippen LogP contribution in [0.4, 0.5) is 0 Å². The molecule has 0 aromatic heterocycles. The minimum absolute atomic E-state index is 0.0868. The minimum Gasteiger partial charge on any atom is -0.481 e. The fourth-order valence-corrected chi connectivity index (χ4v) is 2.12. The summed E-state index contributed by atoms with van der Waals surface area (Å²) in [6.45, 7) is 10.1. The number of carboxylic acids is 1. The predicted molar refractivity (Wildman–Crippen MR) is 74.8 cm³/mol. The molecule has 0 aliphatic heterocycles. The van der Waals surface area contributed by atoms with Crippen LogP contribution in [-0.2, 0) is 16.6 Å². The lowest BCUT2D eigenvalue weighted by Gasteiger charge is -2.23. The maximum Gasteiger partial charge on any atom is 0.310 e. The Morgan fingerprint density at radius 2 is 2.00 bits per heavy atom. The first-order valence-electron chi connectivity index (χ1n) is 6.30. The number of aliphatic carboxylic acids is 1. The molecule has 0 amide bonds. The molecule has 0 bridgehead atoms. The molecule has 0 saturated carbocycles. The number of hydrogen-bond acceptors (Lipinski definition) is 1. The van der Waals surface area contributed by atoms with Gasteiger partial charge in [-0.05, 0) is 29.4 Å². The van der Waals surface area contributed by atoms with Crippen LogP contribution in [0, 0.1) is 5.92 Å². The van der Waals surface area contributed by atoms with Crippen LogP contribution in [0.3, 0.4) is 0 Å². The number of rotatable bonds is 5. The van der Waals surface area contributed by atoms with Crippen LogP contribution < -0.4 is 0 Å². The van der Waals surface area contributed by atoms with E-state index in [-0.39, 0.29) is 5.41 Å². The van der Waals surface area contributed by atoms with Gasteiger partial charge in [0.25, 0.3) is 0 Å². The van der Waals surface area contributed by atoms with Gasteiger partial charge >= 0.3 is 5.97 Å². The number of aryl methyl sites for hydroxylation is 1. The lowest BCUT2D eigenvalue weighted by Crippen LogP contribution is -2.16. The molecule has 98 valence electrons. The Bertz CT molecular complexity index is 427. The summed E-state index contributed by atoms with van der Waals surface area (Å²) in [6, 6.07) is 8.25. The first kappa shape index (κ1) is 14.5. The van der Waals surface area contributed by atoms with E-state index in [4.69, 9.17) is 5.11 Å². The van der Waals surface area contributed by atoms with Crippen LogP contribution >= 0.6 is 0 Å². The van der Waals surface area contributed by atoms with Crippen LogP contribution in [0.5, 0.6) is 0 Å². The molecule has 18 heavy (non-hydrogen) atoms. The molecule has 0 aliphatic rings. The van der Waals surface area contributed by atoms with Crippen LogP contribution in [0.2, 0.25) is 0 Å². The molecule has 1 unspecified atom stereocenters. The molecule has 1 rings (SSSR count). The van der Waals surface area contributed by atoms with Crippen LogP contribution in [0.25, 0.3) is 0 Å². The highest BCUT2D eigenvalue weighted by Gasteiger charge is 2.19. The minimum atomic E-state index is -0.793. The third kappa shape index (κ3) is 3.73. The first-order chi connectivity index (χ1) is 8.36. The van der Waals surface area contributed by atoms with Gasteiger partial charge in [-0.1, -0.05) is 51.1 Å². The summed E-state index contributed by atoms with van der Waals surface area (Å²) < 4.78 is 0. The largest absolute Gasteiger partial charge is 0.481 e. The molecule has 1 atom stereocenters. The second-order valence-corrected chi connectivity index (χ2v) is 5.63. The van der Waals surface area contributed by atoms with E-state index < -0.39 is 11.9 Å². The maximum absolute atomic E-state index is 11.0. The van der Waals surface area contributed by atoms with Gasteiger partial charge in [-0.15, -0.1) is 6.58 Å². The monoisotopic (exact) mass is 246 g/mol. The van der Waals surface area contributed by atoms with Crippen molar-refractivity contribution in [2.75, 3.05) is 0 Å². The van der Waals surface area contributed by atoms with Crippen LogP contribution in [0.15, 0.2) is 36.9 Å². The summed E-state index contributed by atoms with van der Waals surface area (Å²) >= 11 is 0. The zero-order chi connectivity index (χ0) is 13.8. The molecule has 0 saturated heterocycles. The number of carbonyl (C=O) groups is 1. The van der Waals surface area contributed by atoms with Crippen LogP contribution in [0.1, 0.15) is 38.3 Å². The van der Waals surface area contributed by atoms with E-state index in [2.05, 4.69) is 39.5 Å². The van der Waals surface area contributed by atoms with E-state index in [0.29, 0.717) is 6.42 Å². The Balaban J connectivity index is 2.85. The van der Waals surface area contributed by atoms with Gasteiger partial charge in [-0.2, -0.15) is 0 Å². The highest BCUT2D eigenvalue weighted by Crippen LogP contribution is 2.27. The summed E-state index contributed by atoms with van der Waals surface area (Å²) in [5.41, 5.74) is 2.61. The van der Waals surface area contributed by atoms with Crippen molar-refractivity contribution in [2.24, 2.45) is 5.92 Å². The second-order valence-electron chi connectivity index (χ2n) is 5.63. The number of benzene rings is 1. The molecule has 0 spiro atoms. The zero-order valence-corrected chi connectivity index (χ0v) is 11.4. The Morgan fingerprint density at radius 3 is 2.50 bits per heavy atom. The summed E-state index contributed by atoms with van der Waals surface area (Å²) in [5, 5.41) is 9.01. The predicted octanol–water partition coefficient (Wildman–Crippen LogP) is 3.80. The number of carboxylic acid groups (broad SMARTS) is 1. The van der Waals surface area contributed by atoms with Gasteiger partial charge in [0.15, 0.2) is 0 Å². The van der Waals surface area contributed by atoms with Gasteiger partial charge in [0.1, 0.15) is 0 Å². The van der Waals surface area contributed by atoms with E-state index in [9.17, 15) is 4.79 Å².